The lowest BCUT2D eigenvalue weighted by Gasteiger charge is -2.14. The first-order valence-electron chi connectivity index (χ1n) is 8.55. The number of aryl methyl sites for hydroxylation is 3. The summed E-state index contributed by atoms with van der Waals surface area (Å²) in [5, 5.41) is 15.3. The van der Waals surface area contributed by atoms with Gasteiger partial charge in [-0.15, -0.1) is 0 Å². The van der Waals surface area contributed by atoms with Crippen LogP contribution in [-0.4, -0.2) is 5.91 Å². The molecule has 0 spiro atoms. The van der Waals surface area contributed by atoms with Gasteiger partial charge in [0.05, 0.1) is 5.69 Å². The number of benzene rings is 2. The molecule has 1 amide bonds. The molecule has 4 nitrogen and oxygen atoms in total. The zero-order chi connectivity index (χ0) is 19.1. The summed E-state index contributed by atoms with van der Waals surface area (Å²) in [5.74, 6) is -0.418. The van der Waals surface area contributed by atoms with Gasteiger partial charge in [-0.05, 0) is 64.5 Å². The van der Waals surface area contributed by atoms with Crippen LogP contribution in [0.3, 0.4) is 0 Å². The second kappa shape index (κ2) is 9.21. The normalized spacial score (nSPS) is 11.0. The summed E-state index contributed by atoms with van der Waals surface area (Å²) < 4.78 is 0.871. The van der Waals surface area contributed by atoms with E-state index in [9.17, 15) is 10.1 Å². The molecule has 0 aromatic heterocycles. The minimum absolute atomic E-state index is 0.0189. The highest BCUT2D eigenvalue weighted by molar-refractivity contribution is 9.10. The van der Waals surface area contributed by atoms with E-state index in [1.165, 1.54) is 6.20 Å². The van der Waals surface area contributed by atoms with Crippen LogP contribution in [0.5, 0.6) is 0 Å². The van der Waals surface area contributed by atoms with Gasteiger partial charge in [-0.1, -0.05) is 38.1 Å². The van der Waals surface area contributed by atoms with E-state index in [1.807, 2.05) is 63.2 Å². The molecule has 0 saturated carbocycles. The fourth-order valence-corrected chi connectivity index (χ4v) is 3.23. The van der Waals surface area contributed by atoms with Crippen molar-refractivity contribution >= 4 is 33.2 Å². The van der Waals surface area contributed by atoms with Crippen molar-refractivity contribution in [2.24, 2.45) is 0 Å². The summed E-state index contributed by atoms with van der Waals surface area (Å²) >= 11 is 3.47. The van der Waals surface area contributed by atoms with Crippen LogP contribution in [0.25, 0.3) is 0 Å². The van der Waals surface area contributed by atoms with Crippen molar-refractivity contribution in [3.05, 3.63) is 69.3 Å². The van der Waals surface area contributed by atoms with Gasteiger partial charge in [-0.25, -0.2) is 0 Å². The number of rotatable bonds is 6. The second-order valence-electron chi connectivity index (χ2n) is 5.91. The van der Waals surface area contributed by atoms with Crippen LogP contribution >= 0.6 is 15.9 Å². The fourth-order valence-electron chi connectivity index (χ4n) is 2.62. The zero-order valence-corrected chi connectivity index (χ0v) is 16.8. The molecule has 2 aromatic carbocycles. The third kappa shape index (κ3) is 4.74. The highest BCUT2D eigenvalue weighted by atomic mass is 79.9. The van der Waals surface area contributed by atoms with E-state index < -0.39 is 5.91 Å². The number of carbonyl (C=O) groups excluding carboxylic acids is 1. The minimum Gasteiger partial charge on any atom is -0.359 e. The van der Waals surface area contributed by atoms with Crippen LogP contribution in [-0.2, 0) is 17.6 Å². The fraction of sp³-hybridized carbons (Fsp3) is 0.238. The first-order chi connectivity index (χ1) is 12.5. The van der Waals surface area contributed by atoms with E-state index in [4.69, 9.17) is 0 Å². The average molecular weight is 412 g/mol. The average Bonchev–Trinajstić information content (AvgIpc) is 2.63. The molecule has 0 aliphatic heterocycles. The van der Waals surface area contributed by atoms with Crippen molar-refractivity contribution in [1.82, 2.24) is 0 Å². The molecule has 0 atom stereocenters. The molecule has 0 heterocycles. The number of amides is 1. The van der Waals surface area contributed by atoms with E-state index in [0.29, 0.717) is 0 Å². The van der Waals surface area contributed by atoms with Gasteiger partial charge in [0, 0.05) is 16.4 Å². The number of hydrogen-bond donors (Lipinski definition) is 2. The molecular weight excluding hydrogens is 390 g/mol. The van der Waals surface area contributed by atoms with Crippen LogP contribution in [0, 0.1) is 18.3 Å². The van der Waals surface area contributed by atoms with E-state index in [-0.39, 0.29) is 5.57 Å². The number of para-hydroxylation sites is 1. The molecule has 0 saturated heterocycles. The number of nitrogens with one attached hydrogen (secondary N) is 2. The number of halogens is 1. The molecule has 0 radical (unpaired) electrons. The Morgan fingerprint density at radius 3 is 2.38 bits per heavy atom. The molecule has 5 heteroatoms. The predicted molar refractivity (Wildman–Crippen MR) is 110 cm³/mol. The lowest BCUT2D eigenvalue weighted by atomic mass is 10.0. The third-order valence-corrected chi connectivity index (χ3v) is 4.76. The van der Waals surface area contributed by atoms with Crippen LogP contribution in [0.1, 0.15) is 30.5 Å². The van der Waals surface area contributed by atoms with Gasteiger partial charge in [-0.2, -0.15) is 5.26 Å². The standard InChI is InChI=1S/C21H22BrN3O/c1-4-15-7-6-8-16(5-2)20(15)25-21(26)17(12-23)13-24-19-10-9-14(3)11-18(19)22/h6-11,13,24H,4-5H2,1-3H3,(H,25,26)/b17-13-. The topological polar surface area (TPSA) is 64.9 Å². The van der Waals surface area contributed by atoms with Gasteiger partial charge in [-0.3, -0.25) is 4.79 Å². The summed E-state index contributed by atoms with van der Waals surface area (Å²) in [7, 11) is 0. The first kappa shape index (κ1) is 19.7. The highest BCUT2D eigenvalue weighted by Crippen LogP contribution is 2.25. The number of nitriles is 1. The Balaban J connectivity index is 2.23. The highest BCUT2D eigenvalue weighted by Gasteiger charge is 2.14. The van der Waals surface area contributed by atoms with Crippen molar-refractivity contribution < 1.29 is 4.79 Å². The maximum atomic E-state index is 12.6. The zero-order valence-electron chi connectivity index (χ0n) is 15.2. The Kier molecular flexibility index (Phi) is 6.99. The predicted octanol–water partition coefficient (Wildman–Crippen LogP) is 5.34. The van der Waals surface area contributed by atoms with Crippen LogP contribution < -0.4 is 10.6 Å². The molecular formula is C21H22BrN3O. The van der Waals surface area contributed by atoms with Crippen LogP contribution in [0.2, 0.25) is 0 Å². The number of nitrogens with zero attached hydrogens (tertiary/aromatic N) is 1. The number of hydrogen-bond acceptors (Lipinski definition) is 3. The minimum atomic E-state index is -0.418. The molecule has 134 valence electrons. The number of anilines is 2. The van der Waals surface area contributed by atoms with Crippen LogP contribution in [0.4, 0.5) is 11.4 Å². The van der Waals surface area contributed by atoms with Gasteiger partial charge in [0.1, 0.15) is 11.6 Å². The lowest BCUT2D eigenvalue weighted by molar-refractivity contribution is -0.112. The van der Waals surface area contributed by atoms with Crippen molar-refractivity contribution in [3.8, 4) is 6.07 Å². The Bertz CT molecular complexity index is 859. The summed E-state index contributed by atoms with van der Waals surface area (Å²) in [6, 6.07) is 13.8. The molecule has 26 heavy (non-hydrogen) atoms. The van der Waals surface area contributed by atoms with Crippen molar-refractivity contribution in [2.75, 3.05) is 10.6 Å². The van der Waals surface area contributed by atoms with Gasteiger partial charge < -0.3 is 10.6 Å². The second-order valence-corrected chi connectivity index (χ2v) is 6.76. The molecule has 2 aromatic rings. The first-order valence-corrected chi connectivity index (χ1v) is 9.34. The summed E-state index contributed by atoms with van der Waals surface area (Å²) in [4.78, 5) is 12.6. The maximum Gasteiger partial charge on any atom is 0.267 e. The van der Waals surface area contributed by atoms with E-state index in [0.717, 1.165) is 45.4 Å². The molecule has 2 rings (SSSR count). The third-order valence-electron chi connectivity index (χ3n) is 4.10. The summed E-state index contributed by atoms with van der Waals surface area (Å²) in [6.45, 7) is 6.08. The molecule has 0 fully saturated rings. The van der Waals surface area contributed by atoms with E-state index in [2.05, 4.69) is 26.6 Å². The summed E-state index contributed by atoms with van der Waals surface area (Å²) in [5.41, 5.74) is 4.85. The Labute approximate surface area is 163 Å². The monoisotopic (exact) mass is 411 g/mol. The Morgan fingerprint density at radius 1 is 1.19 bits per heavy atom. The van der Waals surface area contributed by atoms with E-state index >= 15 is 0 Å². The molecule has 0 aliphatic carbocycles. The van der Waals surface area contributed by atoms with E-state index in [1.54, 1.807) is 0 Å². The smallest absolute Gasteiger partial charge is 0.267 e. The lowest BCUT2D eigenvalue weighted by Crippen LogP contribution is -2.17. The molecule has 2 N–H and O–H groups in total. The van der Waals surface area contributed by atoms with Gasteiger partial charge in [0.15, 0.2) is 0 Å². The molecule has 0 aliphatic rings. The van der Waals surface area contributed by atoms with Gasteiger partial charge in [0.25, 0.3) is 5.91 Å². The molecule has 0 unspecified atom stereocenters. The maximum absolute atomic E-state index is 12.6. The van der Waals surface area contributed by atoms with Crippen LogP contribution in [0.15, 0.2) is 52.6 Å². The van der Waals surface area contributed by atoms with Gasteiger partial charge >= 0.3 is 0 Å². The van der Waals surface area contributed by atoms with Crippen molar-refractivity contribution in [3.63, 3.8) is 0 Å². The van der Waals surface area contributed by atoms with Crippen molar-refractivity contribution in [1.29, 1.82) is 5.26 Å². The largest absolute Gasteiger partial charge is 0.359 e. The Morgan fingerprint density at radius 2 is 1.85 bits per heavy atom. The number of carbonyl (C=O) groups is 1. The molecule has 0 bridgehead atoms. The Hall–Kier alpha value is -2.58. The van der Waals surface area contributed by atoms with Crippen molar-refractivity contribution in [2.45, 2.75) is 33.6 Å². The van der Waals surface area contributed by atoms with Gasteiger partial charge in [0.2, 0.25) is 0 Å². The summed E-state index contributed by atoms with van der Waals surface area (Å²) in [6.07, 6.45) is 3.05. The SMILES string of the molecule is CCc1cccc(CC)c1NC(=O)/C(C#N)=C\Nc1ccc(C)cc1Br. The quantitative estimate of drug-likeness (QED) is 0.497.